The van der Waals surface area contributed by atoms with Crippen molar-refractivity contribution in [2.24, 2.45) is 5.92 Å². The normalized spacial score (nSPS) is 31.8. The largest absolute Gasteiger partial charge is 0.292 e. The summed E-state index contributed by atoms with van der Waals surface area (Å²) in [5.41, 5.74) is 1.49. The molecule has 3 rings (SSSR count). The topological polar surface area (TPSA) is 64.1 Å². The van der Waals surface area contributed by atoms with Crippen LogP contribution in [-0.4, -0.2) is 29.7 Å². The smallest absolute Gasteiger partial charge is 0.184 e. The van der Waals surface area contributed by atoms with Gasteiger partial charge in [0.25, 0.3) is 0 Å². The number of rotatable bonds is 2. The molecule has 4 nitrogen and oxygen atoms in total. The minimum absolute atomic E-state index is 0.0144. The van der Waals surface area contributed by atoms with Crippen molar-refractivity contribution >= 4 is 15.6 Å². The highest BCUT2D eigenvalue weighted by Gasteiger charge is 2.46. The minimum atomic E-state index is -2.99. The summed E-state index contributed by atoms with van der Waals surface area (Å²) in [4.78, 5) is 16.7. The molecule has 2 atom stereocenters. The van der Waals surface area contributed by atoms with E-state index in [1.807, 2.05) is 13.0 Å². The minimum Gasteiger partial charge on any atom is -0.292 e. The van der Waals surface area contributed by atoms with Crippen molar-refractivity contribution in [3.8, 4) is 0 Å². The Hall–Kier alpha value is -1.23. The Morgan fingerprint density at radius 3 is 2.50 bits per heavy atom. The Bertz CT molecular complexity index is 618. The second-order valence-corrected chi connectivity index (χ2v) is 8.53. The van der Waals surface area contributed by atoms with Crippen LogP contribution in [-0.2, 0) is 9.84 Å². The molecule has 3 heterocycles. The van der Waals surface area contributed by atoms with Crippen molar-refractivity contribution in [3.63, 3.8) is 0 Å². The van der Waals surface area contributed by atoms with Crippen LogP contribution in [0.25, 0.3) is 0 Å². The molecule has 0 radical (unpaired) electrons. The van der Waals surface area contributed by atoms with E-state index in [0.29, 0.717) is 31.4 Å². The van der Waals surface area contributed by atoms with Gasteiger partial charge in [-0.15, -0.1) is 0 Å². The Morgan fingerprint density at radius 2 is 1.90 bits per heavy atom. The van der Waals surface area contributed by atoms with Crippen LogP contribution in [0.2, 0.25) is 0 Å². The maximum absolute atomic E-state index is 12.5. The second kappa shape index (κ2) is 4.95. The molecule has 0 N–H and O–H groups in total. The third kappa shape index (κ3) is 2.28. The van der Waals surface area contributed by atoms with Crippen molar-refractivity contribution < 1.29 is 13.2 Å². The standard InChI is InChI=1S/C15H19NO3S/c1-10-5-6-16-14(7-10)15(17)11-8-12-3-2-4-13(9-11)20(12,18)19/h5-7,11-13H,2-4,8-9H2,1H3. The van der Waals surface area contributed by atoms with Crippen LogP contribution in [0.15, 0.2) is 18.3 Å². The lowest BCUT2D eigenvalue weighted by Crippen LogP contribution is -2.45. The SMILES string of the molecule is Cc1ccnc(C(=O)C2CC3CCCC(C2)S3(=O)=O)c1. The Kier molecular flexibility index (Phi) is 3.40. The van der Waals surface area contributed by atoms with Crippen molar-refractivity contribution in [1.29, 1.82) is 0 Å². The molecular weight excluding hydrogens is 274 g/mol. The van der Waals surface area contributed by atoms with Crippen LogP contribution in [0.1, 0.15) is 48.2 Å². The Morgan fingerprint density at radius 1 is 1.25 bits per heavy atom. The van der Waals surface area contributed by atoms with Crippen molar-refractivity contribution in [2.75, 3.05) is 0 Å². The molecule has 0 aromatic carbocycles. The number of hydrogen-bond acceptors (Lipinski definition) is 4. The van der Waals surface area contributed by atoms with Crippen molar-refractivity contribution in [1.82, 2.24) is 4.98 Å². The van der Waals surface area contributed by atoms with Gasteiger partial charge in [0.05, 0.1) is 10.5 Å². The third-order valence-electron chi connectivity index (χ3n) is 4.61. The van der Waals surface area contributed by atoms with E-state index in [-0.39, 0.29) is 22.2 Å². The lowest BCUT2D eigenvalue weighted by molar-refractivity contribution is 0.0888. The van der Waals surface area contributed by atoms with Gasteiger partial charge in [-0.2, -0.15) is 0 Å². The van der Waals surface area contributed by atoms with Gasteiger partial charge in [-0.3, -0.25) is 9.78 Å². The highest BCUT2D eigenvalue weighted by molar-refractivity contribution is 7.92. The van der Waals surface area contributed by atoms with Crippen LogP contribution in [0.4, 0.5) is 0 Å². The highest BCUT2D eigenvalue weighted by Crippen LogP contribution is 2.40. The van der Waals surface area contributed by atoms with Crippen LogP contribution >= 0.6 is 0 Å². The first-order chi connectivity index (χ1) is 9.48. The van der Waals surface area contributed by atoms with E-state index in [0.717, 1.165) is 12.0 Å². The first-order valence-electron chi connectivity index (χ1n) is 7.18. The number of sulfone groups is 1. The van der Waals surface area contributed by atoms with Gasteiger partial charge >= 0.3 is 0 Å². The lowest BCUT2D eigenvalue weighted by Gasteiger charge is -2.37. The van der Waals surface area contributed by atoms with Gasteiger partial charge < -0.3 is 0 Å². The molecule has 2 saturated heterocycles. The Balaban J connectivity index is 1.85. The summed E-state index contributed by atoms with van der Waals surface area (Å²) < 4.78 is 24.5. The number of ketones is 1. The molecule has 0 saturated carbocycles. The number of carbonyl (C=O) groups excluding carboxylic acids is 1. The number of aromatic nitrogens is 1. The summed E-state index contributed by atoms with van der Waals surface area (Å²) in [6.07, 6.45) is 5.00. The Labute approximate surface area is 119 Å². The molecule has 2 bridgehead atoms. The van der Waals surface area contributed by atoms with Crippen molar-refractivity contribution in [2.45, 2.75) is 49.5 Å². The zero-order chi connectivity index (χ0) is 14.3. The van der Waals surface area contributed by atoms with E-state index in [2.05, 4.69) is 4.98 Å². The van der Waals surface area contributed by atoms with Crippen molar-refractivity contribution in [3.05, 3.63) is 29.6 Å². The molecule has 108 valence electrons. The van der Waals surface area contributed by atoms with Gasteiger partial charge in [-0.1, -0.05) is 6.42 Å². The van der Waals surface area contributed by atoms with Crippen LogP contribution in [0, 0.1) is 12.8 Å². The number of aryl methyl sites for hydroxylation is 1. The molecule has 2 aliphatic rings. The van der Waals surface area contributed by atoms with E-state index >= 15 is 0 Å². The zero-order valence-corrected chi connectivity index (χ0v) is 12.4. The molecular formula is C15H19NO3S. The summed E-state index contributed by atoms with van der Waals surface area (Å²) in [5, 5.41) is -0.623. The van der Waals surface area contributed by atoms with Gasteiger partial charge in [0.1, 0.15) is 5.69 Å². The summed E-state index contributed by atoms with van der Waals surface area (Å²) in [6, 6.07) is 3.65. The predicted molar refractivity (Wildman–Crippen MR) is 76.4 cm³/mol. The van der Waals surface area contributed by atoms with Gasteiger partial charge in [-0.05, 0) is 50.3 Å². The first-order valence-corrected chi connectivity index (χ1v) is 8.79. The first kappa shape index (κ1) is 13.7. The summed E-state index contributed by atoms with van der Waals surface area (Å²) in [5.74, 6) is -0.163. The molecule has 5 heteroatoms. The molecule has 2 unspecified atom stereocenters. The number of carbonyl (C=O) groups is 1. The van der Waals surface area contributed by atoms with E-state index in [4.69, 9.17) is 0 Å². The van der Waals surface area contributed by atoms with Gasteiger partial charge in [0.2, 0.25) is 0 Å². The zero-order valence-electron chi connectivity index (χ0n) is 11.6. The predicted octanol–water partition coefficient (Wildman–Crippen LogP) is 2.32. The fourth-order valence-electron chi connectivity index (χ4n) is 3.50. The molecule has 20 heavy (non-hydrogen) atoms. The maximum Gasteiger partial charge on any atom is 0.184 e. The molecule has 0 aliphatic carbocycles. The third-order valence-corrected chi connectivity index (χ3v) is 7.33. The number of fused-ring (bicyclic) bond motifs is 2. The van der Waals surface area contributed by atoms with E-state index in [1.165, 1.54) is 0 Å². The number of nitrogens with zero attached hydrogens (tertiary/aromatic N) is 1. The average molecular weight is 293 g/mol. The van der Waals surface area contributed by atoms with Gasteiger partial charge in [0, 0.05) is 12.1 Å². The van der Waals surface area contributed by atoms with Crippen LogP contribution in [0.5, 0.6) is 0 Å². The number of Topliss-reactive ketones (excluding diaryl/α,β-unsaturated/α-hetero) is 1. The molecule has 1 aromatic heterocycles. The fraction of sp³-hybridized carbons (Fsp3) is 0.600. The quantitative estimate of drug-likeness (QED) is 0.785. The van der Waals surface area contributed by atoms with Crippen LogP contribution < -0.4 is 0 Å². The summed E-state index contributed by atoms with van der Waals surface area (Å²) in [6.45, 7) is 1.93. The molecule has 2 aliphatic heterocycles. The highest BCUT2D eigenvalue weighted by atomic mass is 32.2. The summed E-state index contributed by atoms with van der Waals surface area (Å²) >= 11 is 0. The summed E-state index contributed by atoms with van der Waals surface area (Å²) in [7, 11) is -2.99. The van der Waals surface area contributed by atoms with E-state index in [9.17, 15) is 13.2 Å². The lowest BCUT2D eigenvalue weighted by atomic mass is 9.85. The molecule has 1 aromatic rings. The maximum atomic E-state index is 12.5. The second-order valence-electron chi connectivity index (χ2n) is 6.01. The number of pyridine rings is 1. The van der Waals surface area contributed by atoms with E-state index < -0.39 is 9.84 Å². The van der Waals surface area contributed by atoms with Gasteiger partial charge in [-0.25, -0.2) is 8.42 Å². The molecule has 0 amide bonds. The van der Waals surface area contributed by atoms with Gasteiger partial charge in [0.15, 0.2) is 15.6 Å². The van der Waals surface area contributed by atoms with E-state index in [1.54, 1.807) is 12.3 Å². The van der Waals surface area contributed by atoms with Crippen LogP contribution in [0.3, 0.4) is 0 Å². The number of hydrogen-bond donors (Lipinski definition) is 0. The average Bonchev–Trinajstić information content (AvgIpc) is 2.36. The fourth-order valence-corrected chi connectivity index (χ4v) is 6.04. The molecule has 0 spiro atoms. The molecule has 2 fully saturated rings. The monoisotopic (exact) mass is 293 g/mol.